The van der Waals surface area contributed by atoms with E-state index in [9.17, 15) is 32.3 Å². The van der Waals surface area contributed by atoms with Gasteiger partial charge in [0.1, 0.15) is 17.2 Å². The van der Waals surface area contributed by atoms with E-state index in [0.29, 0.717) is 0 Å². The number of hydrogen-bond acceptors (Lipinski definition) is 7. The van der Waals surface area contributed by atoms with E-state index in [1.807, 2.05) is 24.3 Å². The number of H-pyrrole nitrogens is 1. The first kappa shape index (κ1) is 39.1. The maximum absolute atomic E-state index is 13.8. The first-order valence-corrected chi connectivity index (χ1v) is 15.4. The number of nitrogens with one attached hydrogen (secondary N) is 4. The minimum absolute atomic E-state index is 0. The van der Waals surface area contributed by atoms with Crippen LogP contribution in [0.3, 0.4) is 0 Å². The number of carbonyl (C=O) groups is 4. The number of esters is 1. The molecule has 4 aromatic rings. The standard InChI is InChI=1S/C34H39F3N6O6.CH4/c1-7-48-29(45)27(20-12-14-22(15-13-20)34(35,36)37)43-18-26(39-19-43)41-28(44)25(16-21-17-38-24-11-9-8-10-23(21)24)40-30(46)33(5,6)42-31(47)49-32(2,3)4;/h8-15,17-19,25,27,38H,7,16H2,1-6H3,(H,40,46)(H,41,44)(H,42,47);1H4. The van der Waals surface area contributed by atoms with Gasteiger partial charge in [0.15, 0.2) is 11.9 Å². The second-order valence-electron chi connectivity index (χ2n) is 12.8. The van der Waals surface area contributed by atoms with Crippen LogP contribution in [0.4, 0.5) is 23.8 Å². The summed E-state index contributed by atoms with van der Waals surface area (Å²) >= 11 is 0. The van der Waals surface area contributed by atoms with Gasteiger partial charge in [0.25, 0.3) is 0 Å². The summed E-state index contributed by atoms with van der Waals surface area (Å²) in [4.78, 5) is 60.0. The number of alkyl halides is 3. The Morgan fingerprint density at radius 1 is 0.980 bits per heavy atom. The monoisotopic (exact) mass is 700 g/mol. The first-order chi connectivity index (χ1) is 22.9. The number of hydrogen-bond donors (Lipinski definition) is 4. The number of benzene rings is 2. The van der Waals surface area contributed by atoms with Gasteiger partial charge in [0.2, 0.25) is 11.8 Å². The molecule has 0 spiro atoms. The van der Waals surface area contributed by atoms with Crippen LogP contribution in [0.15, 0.2) is 67.3 Å². The summed E-state index contributed by atoms with van der Waals surface area (Å²) in [6.07, 6.45) is -1.05. The van der Waals surface area contributed by atoms with Gasteiger partial charge in [-0.15, -0.1) is 0 Å². The molecule has 0 aliphatic carbocycles. The van der Waals surface area contributed by atoms with Crippen molar-refractivity contribution < 1.29 is 41.8 Å². The minimum atomic E-state index is -4.57. The summed E-state index contributed by atoms with van der Waals surface area (Å²) in [5.74, 6) is -2.09. The summed E-state index contributed by atoms with van der Waals surface area (Å²) in [6.45, 7) is 9.58. The van der Waals surface area contributed by atoms with Crippen LogP contribution in [-0.4, -0.2) is 62.2 Å². The fourth-order valence-corrected chi connectivity index (χ4v) is 4.95. The number of alkyl carbamates (subject to hydrolysis) is 1. The van der Waals surface area contributed by atoms with Gasteiger partial charge >= 0.3 is 18.2 Å². The molecule has 2 heterocycles. The highest BCUT2D eigenvalue weighted by atomic mass is 19.4. The fraction of sp³-hybridized carbons (Fsp3) is 0.400. The minimum Gasteiger partial charge on any atom is -0.464 e. The lowest BCUT2D eigenvalue weighted by Crippen LogP contribution is -2.59. The van der Waals surface area contributed by atoms with Crippen LogP contribution in [0.1, 0.15) is 71.7 Å². The topological polar surface area (TPSA) is 156 Å². The van der Waals surface area contributed by atoms with E-state index in [1.165, 1.54) is 43.1 Å². The molecule has 3 amide bonds. The van der Waals surface area contributed by atoms with E-state index in [-0.39, 0.29) is 31.8 Å². The fourth-order valence-electron chi connectivity index (χ4n) is 4.95. The van der Waals surface area contributed by atoms with Gasteiger partial charge in [-0.1, -0.05) is 37.8 Å². The molecule has 0 radical (unpaired) electrons. The Labute approximate surface area is 288 Å². The molecule has 50 heavy (non-hydrogen) atoms. The second-order valence-corrected chi connectivity index (χ2v) is 12.8. The van der Waals surface area contributed by atoms with Crippen LogP contribution in [0.25, 0.3) is 10.9 Å². The van der Waals surface area contributed by atoms with Crippen molar-refractivity contribution in [1.29, 1.82) is 0 Å². The molecule has 0 saturated carbocycles. The highest BCUT2D eigenvalue weighted by Gasteiger charge is 2.35. The zero-order valence-corrected chi connectivity index (χ0v) is 27.9. The summed E-state index contributed by atoms with van der Waals surface area (Å²) in [6, 6.07) is 9.10. The predicted molar refractivity (Wildman–Crippen MR) is 181 cm³/mol. The third-order valence-corrected chi connectivity index (χ3v) is 7.32. The molecule has 2 aromatic heterocycles. The van der Waals surface area contributed by atoms with E-state index < -0.39 is 58.8 Å². The lowest BCUT2D eigenvalue weighted by atomic mass is 10.0. The molecule has 270 valence electrons. The molecule has 0 aliphatic heterocycles. The van der Waals surface area contributed by atoms with E-state index in [0.717, 1.165) is 28.6 Å². The lowest BCUT2D eigenvalue weighted by molar-refractivity contribution is -0.145. The molecule has 2 atom stereocenters. The summed E-state index contributed by atoms with van der Waals surface area (Å²) < 4.78 is 51.3. The highest BCUT2D eigenvalue weighted by molar-refractivity contribution is 5.99. The number of amides is 3. The third kappa shape index (κ3) is 9.86. The lowest BCUT2D eigenvalue weighted by Gasteiger charge is -2.29. The van der Waals surface area contributed by atoms with Gasteiger partial charge in [0.05, 0.1) is 18.5 Å². The van der Waals surface area contributed by atoms with Crippen LogP contribution < -0.4 is 16.0 Å². The number of halogens is 3. The zero-order valence-electron chi connectivity index (χ0n) is 27.9. The predicted octanol–water partition coefficient (Wildman–Crippen LogP) is 6.14. The Balaban J connectivity index is 0.00000676. The number of rotatable bonds is 11. The molecule has 2 aromatic carbocycles. The Kier molecular flexibility index (Phi) is 12.1. The van der Waals surface area contributed by atoms with Gasteiger partial charge in [-0.25, -0.2) is 14.6 Å². The largest absolute Gasteiger partial charge is 0.464 e. The van der Waals surface area contributed by atoms with Crippen molar-refractivity contribution in [2.75, 3.05) is 11.9 Å². The number of fused-ring (bicyclic) bond motifs is 1. The molecule has 4 N–H and O–H groups in total. The molecule has 2 unspecified atom stereocenters. The van der Waals surface area contributed by atoms with E-state index in [1.54, 1.807) is 33.9 Å². The first-order valence-electron chi connectivity index (χ1n) is 15.4. The van der Waals surface area contributed by atoms with Gasteiger partial charge in [-0.3, -0.25) is 9.59 Å². The van der Waals surface area contributed by atoms with Crippen molar-refractivity contribution in [1.82, 2.24) is 25.2 Å². The van der Waals surface area contributed by atoms with E-state index in [2.05, 4.69) is 25.9 Å². The Bertz CT molecular complexity index is 1810. The smallest absolute Gasteiger partial charge is 0.416 e. The number of aromatic amines is 1. The van der Waals surface area contributed by atoms with Crippen LogP contribution in [0.2, 0.25) is 0 Å². The number of imidazole rings is 1. The van der Waals surface area contributed by atoms with Gasteiger partial charge in [0, 0.05) is 29.7 Å². The SMILES string of the molecule is C.CCOC(=O)C(c1ccc(C(F)(F)F)cc1)n1cnc(NC(=O)C(Cc2c[nH]c3ccccc23)NC(=O)C(C)(C)NC(=O)OC(C)(C)C)c1. The van der Waals surface area contributed by atoms with Crippen LogP contribution in [0.5, 0.6) is 0 Å². The average molecular weight is 701 g/mol. The number of para-hydroxylation sites is 1. The number of ether oxygens (including phenoxy) is 2. The molecule has 0 bridgehead atoms. The van der Waals surface area contributed by atoms with Crippen LogP contribution in [0, 0.1) is 0 Å². The van der Waals surface area contributed by atoms with E-state index >= 15 is 0 Å². The summed E-state index contributed by atoms with van der Waals surface area (Å²) in [5, 5.41) is 8.73. The maximum Gasteiger partial charge on any atom is 0.416 e. The number of carbonyl (C=O) groups excluding carboxylic acids is 4. The second kappa shape index (κ2) is 15.5. The quantitative estimate of drug-likeness (QED) is 0.137. The molecule has 0 aliphatic rings. The van der Waals surface area contributed by atoms with Crippen molar-refractivity contribution in [3.63, 3.8) is 0 Å². The average Bonchev–Trinajstić information content (AvgIpc) is 3.62. The Morgan fingerprint density at radius 2 is 1.64 bits per heavy atom. The maximum atomic E-state index is 13.8. The molecule has 12 nitrogen and oxygen atoms in total. The van der Waals surface area contributed by atoms with Crippen molar-refractivity contribution in [2.24, 2.45) is 0 Å². The van der Waals surface area contributed by atoms with Crippen LogP contribution >= 0.6 is 0 Å². The molecule has 0 saturated heterocycles. The number of anilines is 1. The molecule has 4 rings (SSSR count). The van der Waals surface area contributed by atoms with Gasteiger partial charge < -0.3 is 35.0 Å². The number of aromatic nitrogens is 3. The molecular weight excluding hydrogens is 657 g/mol. The normalized spacial score (nSPS) is 13.1. The van der Waals surface area contributed by atoms with Gasteiger partial charge in [-0.05, 0) is 70.9 Å². The van der Waals surface area contributed by atoms with Crippen molar-refractivity contribution in [3.8, 4) is 0 Å². The Hall–Kier alpha value is -5.34. The van der Waals surface area contributed by atoms with Crippen molar-refractivity contribution in [2.45, 2.75) is 84.8 Å². The third-order valence-electron chi connectivity index (χ3n) is 7.32. The summed E-state index contributed by atoms with van der Waals surface area (Å²) in [5.41, 5.74) is -1.43. The Morgan fingerprint density at radius 3 is 2.26 bits per heavy atom. The van der Waals surface area contributed by atoms with Crippen molar-refractivity contribution >= 4 is 40.6 Å². The molecule has 15 heteroatoms. The molecule has 0 fully saturated rings. The van der Waals surface area contributed by atoms with Crippen molar-refractivity contribution in [3.05, 3.63) is 83.9 Å². The summed E-state index contributed by atoms with van der Waals surface area (Å²) in [7, 11) is 0. The highest BCUT2D eigenvalue weighted by Crippen LogP contribution is 2.31. The van der Waals surface area contributed by atoms with Crippen LogP contribution in [-0.2, 0) is 36.5 Å². The van der Waals surface area contributed by atoms with E-state index in [4.69, 9.17) is 9.47 Å². The zero-order chi connectivity index (χ0) is 36.1. The van der Waals surface area contributed by atoms with Gasteiger partial charge in [-0.2, -0.15) is 13.2 Å². The number of nitrogens with zero attached hydrogens (tertiary/aromatic N) is 2. The molecular formula is C35H43F3N6O6.